The number of carbonyl (C=O) groups excluding carboxylic acids is 1. The second-order valence-corrected chi connectivity index (χ2v) is 4.17. The SMILES string of the molecule is COc1cccc(CC(=O)Nc2c(F)cccc2F)c1. The number of hydrogen-bond acceptors (Lipinski definition) is 2. The Morgan fingerprint density at radius 3 is 2.45 bits per heavy atom. The first-order chi connectivity index (χ1) is 9.60. The Morgan fingerprint density at radius 2 is 1.80 bits per heavy atom. The fourth-order valence-corrected chi connectivity index (χ4v) is 1.77. The van der Waals surface area contributed by atoms with Crippen molar-refractivity contribution in [2.75, 3.05) is 12.4 Å². The van der Waals surface area contributed by atoms with E-state index in [0.29, 0.717) is 11.3 Å². The summed E-state index contributed by atoms with van der Waals surface area (Å²) >= 11 is 0. The van der Waals surface area contributed by atoms with Gasteiger partial charge in [0.1, 0.15) is 23.1 Å². The molecule has 0 unspecified atom stereocenters. The van der Waals surface area contributed by atoms with Gasteiger partial charge < -0.3 is 10.1 Å². The second kappa shape index (κ2) is 6.14. The summed E-state index contributed by atoms with van der Waals surface area (Å²) in [5, 5.41) is 2.23. The van der Waals surface area contributed by atoms with E-state index >= 15 is 0 Å². The van der Waals surface area contributed by atoms with Crippen LogP contribution in [0.5, 0.6) is 5.75 Å². The first kappa shape index (κ1) is 14.0. The predicted molar refractivity (Wildman–Crippen MR) is 71.7 cm³/mol. The number of halogens is 2. The van der Waals surface area contributed by atoms with Gasteiger partial charge in [0.2, 0.25) is 5.91 Å². The van der Waals surface area contributed by atoms with Crippen LogP contribution >= 0.6 is 0 Å². The number of para-hydroxylation sites is 1. The van der Waals surface area contributed by atoms with Crippen LogP contribution in [0.25, 0.3) is 0 Å². The molecule has 2 aromatic rings. The maximum absolute atomic E-state index is 13.4. The van der Waals surface area contributed by atoms with E-state index in [1.807, 2.05) is 0 Å². The molecule has 5 heteroatoms. The van der Waals surface area contributed by atoms with Crippen LogP contribution in [-0.2, 0) is 11.2 Å². The third kappa shape index (κ3) is 3.32. The number of ether oxygens (including phenoxy) is 1. The van der Waals surface area contributed by atoms with Crippen LogP contribution in [0.3, 0.4) is 0 Å². The van der Waals surface area contributed by atoms with Crippen molar-refractivity contribution >= 4 is 11.6 Å². The van der Waals surface area contributed by atoms with Crippen LogP contribution in [0.1, 0.15) is 5.56 Å². The van der Waals surface area contributed by atoms with E-state index < -0.39 is 23.2 Å². The van der Waals surface area contributed by atoms with Crippen LogP contribution in [-0.4, -0.2) is 13.0 Å². The molecule has 0 atom stereocenters. The molecule has 1 amide bonds. The number of rotatable bonds is 4. The number of nitrogens with one attached hydrogen (secondary N) is 1. The van der Waals surface area contributed by atoms with Crippen LogP contribution in [0.15, 0.2) is 42.5 Å². The maximum atomic E-state index is 13.4. The highest BCUT2D eigenvalue weighted by atomic mass is 19.1. The Labute approximate surface area is 115 Å². The molecular weight excluding hydrogens is 264 g/mol. The zero-order valence-corrected chi connectivity index (χ0v) is 10.8. The van der Waals surface area contributed by atoms with Crippen LogP contribution < -0.4 is 10.1 Å². The summed E-state index contributed by atoms with van der Waals surface area (Å²) in [5.74, 6) is -1.48. The molecule has 0 fully saturated rings. The number of hydrogen-bond donors (Lipinski definition) is 1. The first-order valence-corrected chi connectivity index (χ1v) is 5.97. The molecule has 0 aliphatic heterocycles. The lowest BCUT2D eigenvalue weighted by molar-refractivity contribution is -0.115. The average molecular weight is 277 g/mol. The van der Waals surface area contributed by atoms with Gasteiger partial charge in [0, 0.05) is 0 Å². The maximum Gasteiger partial charge on any atom is 0.228 e. The third-order valence-corrected chi connectivity index (χ3v) is 2.73. The normalized spacial score (nSPS) is 10.2. The zero-order valence-electron chi connectivity index (χ0n) is 10.8. The quantitative estimate of drug-likeness (QED) is 0.932. The predicted octanol–water partition coefficient (Wildman–Crippen LogP) is 3.15. The molecule has 0 saturated heterocycles. The van der Waals surface area contributed by atoms with E-state index in [2.05, 4.69) is 5.32 Å². The van der Waals surface area contributed by atoms with Gasteiger partial charge in [-0.3, -0.25) is 4.79 Å². The number of carbonyl (C=O) groups is 1. The molecule has 0 aromatic heterocycles. The molecule has 2 rings (SSSR count). The lowest BCUT2D eigenvalue weighted by Gasteiger charge is -2.08. The van der Waals surface area contributed by atoms with Crippen LogP contribution in [0.4, 0.5) is 14.5 Å². The molecule has 20 heavy (non-hydrogen) atoms. The largest absolute Gasteiger partial charge is 0.497 e. The lowest BCUT2D eigenvalue weighted by Crippen LogP contribution is -2.16. The molecule has 104 valence electrons. The standard InChI is InChI=1S/C15H13F2NO2/c1-20-11-5-2-4-10(8-11)9-14(19)18-15-12(16)6-3-7-13(15)17/h2-8H,9H2,1H3,(H,18,19). The van der Waals surface area contributed by atoms with Gasteiger partial charge in [-0.25, -0.2) is 8.78 Å². The first-order valence-electron chi connectivity index (χ1n) is 5.97. The van der Waals surface area contributed by atoms with Gasteiger partial charge >= 0.3 is 0 Å². The van der Waals surface area contributed by atoms with Gasteiger partial charge in [0.25, 0.3) is 0 Å². The van der Waals surface area contributed by atoms with E-state index in [-0.39, 0.29) is 6.42 Å². The summed E-state index contributed by atoms with van der Waals surface area (Å²) in [4.78, 5) is 11.8. The van der Waals surface area contributed by atoms with Gasteiger partial charge in [-0.15, -0.1) is 0 Å². The van der Waals surface area contributed by atoms with Crippen molar-refractivity contribution in [3.63, 3.8) is 0 Å². The monoisotopic (exact) mass is 277 g/mol. The van der Waals surface area contributed by atoms with Crippen molar-refractivity contribution in [2.45, 2.75) is 6.42 Å². The van der Waals surface area contributed by atoms with E-state index in [0.717, 1.165) is 12.1 Å². The summed E-state index contributed by atoms with van der Waals surface area (Å²) in [6, 6.07) is 10.3. The smallest absolute Gasteiger partial charge is 0.228 e. The van der Waals surface area contributed by atoms with E-state index in [9.17, 15) is 13.6 Å². The lowest BCUT2D eigenvalue weighted by atomic mass is 10.1. The highest BCUT2D eigenvalue weighted by Gasteiger charge is 2.12. The fourth-order valence-electron chi connectivity index (χ4n) is 1.77. The minimum Gasteiger partial charge on any atom is -0.497 e. The fraction of sp³-hybridized carbons (Fsp3) is 0.133. The van der Waals surface area contributed by atoms with Crippen molar-refractivity contribution < 1.29 is 18.3 Å². The second-order valence-electron chi connectivity index (χ2n) is 4.17. The summed E-state index contributed by atoms with van der Waals surface area (Å²) in [6.07, 6.45) is 0.00493. The van der Waals surface area contributed by atoms with Crippen molar-refractivity contribution in [1.29, 1.82) is 0 Å². The molecule has 0 heterocycles. The van der Waals surface area contributed by atoms with Crippen molar-refractivity contribution in [3.05, 3.63) is 59.7 Å². The Balaban J connectivity index is 2.09. The van der Waals surface area contributed by atoms with E-state index in [4.69, 9.17) is 4.74 Å². The molecule has 0 radical (unpaired) electrons. The molecule has 0 aliphatic rings. The van der Waals surface area contributed by atoms with Crippen LogP contribution in [0, 0.1) is 11.6 Å². The molecule has 0 saturated carbocycles. The molecule has 2 aromatic carbocycles. The minimum absolute atomic E-state index is 0.00493. The molecule has 0 aliphatic carbocycles. The van der Waals surface area contributed by atoms with Crippen molar-refractivity contribution in [1.82, 2.24) is 0 Å². The summed E-state index contributed by atoms with van der Waals surface area (Å²) in [7, 11) is 1.52. The molecular formula is C15H13F2NO2. The number of methoxy groups -OCH3 is 1. The zero-order chi connectivity index (χ0) is 14.5. The summed E-state index contributed by atoms with van der Waals surface area (Å²) < 4.78 is 31.8. The molecule has 3 nitrogen and oxygen atoms in total. The van der Waals surface area contributed by atoms with E-state index in [1.54, 1.807) is 24.3 Å². The van der Waals surface area contributed by atoms with Gasteiger partial charge in [0.05, 0.1) is 13.5 Å². The molecule has 0 bridgehead atoms. The highest BCUT2D eigenvalue weighted by Crippen LogP contribution is 2.19. The van der Waals surface area contributed by atoms with E-state index in [1.165, 1.54) is 13.2 Å². The Bertz CT molecular complexity index is 609. The summed E-state index contributed by atoms with van der Waals surface area (Å²) in [5.41, 5.74) is 0.263. The minimum atomic E-state index is -0.802. The Morgan fingerprint density at radius 1 is 1.15 bits per heavy atom. The van der Waals surface area contributed by atoms with Crippen molar-refractivity contribution in [3.8, 4) is 5.75 Å². The number of benzene rings is 2. The number of amides is 1. The number of anilines is 1. The summed E-state index contributed by atoms with van der Waals surface area (Å²) in [6.45, 7) is 0. The average Bonchev–Trinajstić information content (AvgIpc) is 2.43. The third-order valence-electron chi connectivity index (χ3n) is 2.73. The van der Waals surface area contributed by atoms with Gasteiger partial charge in [-0.1, -0.05) is 18.2 Å². The Hall–Kier alpha value is -2.43. The molecule has 1 N–H and O–H groups in total. The van der Waals surface area contributed by atoms with Gasteiger partial charge in [-0.05, 0) is 29.8 Å². The highest BCUT2D eigenvalue weighted by molar-refractivity contribution is 5.92. The van der Waals surface area contributed by atoms with Crippen molar-refractivity contribution in [2.24, 2.45) is 0 Å². The Kier molecular flexibility index (Phi) is 4.30. The van der Waals surface area contributed by atoms with Crippen LogP contribution in [0.2, 0.25) is 0 Å². The topological polar surface area (TPSA) is 38.3 Å². The molecule has 0 spiro atoms. The van der Waals surface area contributed by atoms with Gasteiger partial charge in [-0.2, -0.15) is 0 Å². The van der Waals surface area contributed by atoms with Gasteiger partial charge in [0.15, 0.2) is 0 Å².